The van der Waals surface area contributed by atoms with Crippen LogP contribution in [0.3, 0.4) is 0 Å². The molecule has 0 fully saturated rings. The topological polar surface area (TPSA) is 32.6 Å². The third-order valence-electron chi connectivity index (χ3n) is 3.57. The maximum atomic E-state index is 11.5. The van der Waals surface area contributed by atoms with Crippen LogP contribution in [0, 0.1) is 0 Å². The second-order valence-corrected chi connectivity index (χ2v) is 5.96. The van der Waals surface area contributed by atoms with Gasteiger partial charge in [0, 0.05) is 5.56 Å². The van der Waals surface area contributed by atoms with Crippen molar-refractivity contribution in [1.29, 1.82) is 0 Å². The SMILES string of the molecule is COC(=O)Cc1ccccc1C=[N+]1Sc2ccccc2N1C. The van der Waals surface area contributed by atoms with Crippen molar-refractivity contribution in [2.75, 3.05) is 19.2 Å². The van der Waals surface area contributed by atoms with Crippen molar-refractivity contribution in [3.63, 3.8) is 0 Å². The van der Waals surface area contributed by atoms with E-state index in [0.29, 0.717) is 0 Å². The monoisotopic (exact) mass is 313 g/mol. The van der Waals surface area contributed by atoms with E-state index in [1.807, 2.05) is 49.7 Å². The molecule has 0 N–H and O–H groups in total. The molecule has 1 heterocycles. The first kappa shape index (κ1) is 14.7. The Morgan fingerprint density at radius 2 is 1.95 bits per heavy atom. The van der Waals surface area contributed by atoms with Crippen molar-refractivity contribution < 1.29 is 13.6 Å². The number of carbonyl (C=O) groups excluding carboxylic acids is 1. The highest BCUT2D eigenvalue weighted by Gasteiger charge is 2.30. The highest BCUT2D eigenvalue weighted by atomic mass is 32.2. The fourth-order valence-electron chi connectivity index (χ4n) is 2.35. The lowest BCUT2D eigenvalue weighted by Gasteiger charge is -2.06. The Morgan fingerprint density at radius 1 is 1.23 bits per heavy atom. The molecule has 1 aliphatic heterocycles. The van der Waals surface area contributed by atoms with Crippen LogP contribution < -0.4 is 5.01 Å². The molecule has 1 aliphatic rings. The molecule has 0 spiro atoms. The van der Waals surface area contributed by atoms with Crippen LogP contribution in [0.5, 0.6) is 0 Å². The van der Waals surface area contributed by atoms with Gasteiger partial charge in [-0.25, -0.2) is 0 Å². The molecular weight excluding hydrogens is 296 g/mol. The summed E-state index contributed by atoms with van der Waals surface area (Å²) >= 11 is 1.66. The van der Waals surface area contributed by atoms with E-state index in [2.05, 4.69) is 21.2 Å². The number of esters is 1. The molecule has 0 bridgehead atoms. The number of methoxy groups -OCH3 is 1. The van der Waals surface area contributed by atoms with Crippen LogP contribution in [0.1, 0.15) is 11.1 Å². The number of para-hydroxylation sites is 1. The average Bonchev–Trinajstić information content (AvgIpc) is 2.86. The molecule has 4 nitrogen and oxygen atoms in total. The standard InChI is InChI=1S/C17H17N2O2S/c1-18-15-9-5-6-10-16(15)22-19(18)12-14-8-4-3-7-13(14)11-17(20)21-2/h3-10,12H,11H2,1-2H3/q+1. The Balaban J connectivity index is 1.92. The summed E-state index contributed by atoms with van der Waals surface area (Å²) in [6.45, 7) is 0. The molecule has 3 rings (SSSR count). The number of fused-ring (bicyclic) bond motifs is 1. The number of anilines is 1. The lowest BCUT2D eigenvalue weighted by Crippen LogP contribution is -2.23. The summed E-state index contributed by atoms with van der Waals surface area (Å²) in [6.07, 6.45) is 2.32. The molecule has 0 radical (unpaired) electrons. The third-order valence-corrected chi connectivity index (χ3v) is 4.65. The van der Waals surface area contributed by atoms with Crippen molar-refractivity contribution in [3.05, 3.63) is 59.7 Å². The van der Waals surface area contributed by atoms with Crippen LogP contribution in [0.2, 0.25) is 0 Å². The predicted molar refractivity (Wildman–Crippen MR) is 88.3 cm³/mol. The minimum Gasteiger partial charge on any atom is -0.469 e. The molecule has 0 saturated heterocycles. The van der Waals surface area contributed by atoms with Crippen LogP contribution in [0.15, 0.2) is 53.4 Å². The van der Waals surface area contributed by atoms with E-state index >= 15 is 0 Å². The number of nitrogens with zero attached hydrogens (tertiary/aromatic N) is 2. The van der Waals surface area contributed by atoms with Crippen LogP contribution in [0.4, 0.5) is 5.69 Å². The van der Waals surface area contributed by atoms with E-state index in [1.54, 1.807) is 11.9 Å². The zero-order chi connectivity index (χ0) is 15.5. The highest BCUT2D eigenvalue weighted by molar-refractivity contribution is 7.93. The maximum absolute atomic E-state index is 11.5. The highest BCUT2D eigenvalue weighted by Crippen LogP contribution is 2.37. The average molecular weight is 313 g/mol. The van der Waals surface area contributed by atoms with Gasteiger partial charge in [0.2, 0.25) is 18.2 Å². The van der Waals surface area contributed by atoms with Crippen LogP contribution in [-0.4, -0.2) is 30.4 Å². The molecule has 0 saturated carbocycles. The molecule has 0 amide bonds. The van der Waals surface area contributed by atoms with E-state index < -0.39 is 0 Å². The number of hydrogen-bond donors (Lipinski definition) is 0. The zero-order valence-electron chi connectivity index (χ0n) is 12.5. The van der Waals surface area contributed by atoms with E-state index in [4.69, 9.17) is 4.74 Å². The number of benzene rings is 2. The van der Waals surface area contributed by atoms with Crippen molar-refractivity contribution in [3.8, 4) is 0 Å². The fraction of sp³-hybridized carbons (Fsp3) is 0.176. The van der Waals surface area contributed by atoms with Crippen molar-refractivity contribution in [1.82, 2.24) is 0 Å². The van der Waals surface area contributed by atoms with Gasteiger partial charge >= 0.3 is 5.97 Å². The number of ether oxygens (including phenoxy) is 1. The number of hydrazone groups is 1. The van der Waals surface area contributed by atoms with Gasteiger partial charge in [-0.2, -0.15) is 0 Å². The molecule has 0 aliphatic carbocycles. The molecule has 0 unspecified atom stereocenters. The molecule has 22 heavy (non-hydrogen) atoms. The lowest BCUT2D eigenvalue weighted by atomic mass is 10.1. The van der Waals surface area contributed by atoms with E-state index in [1.165, 1.54) is 17.7 Å². The normalized spacial score (nSPS) is 15.0. The predicted octanol–water partition coefficient (Wildman–Crippen LogP) is 2.91. The van der Waals surface area contributed by atoms with Gasteiger partial charge < -0.3 is 4.74 Å². The van der Waals surface area contributed by atoms with Crippen LogP contribution in [-0.2, 0) is 16.0 Å². The summed E-state index contributed by atoms with van der Waals surface area (Å²) in [5.74, 6) is -0.230. The second kappa shape index (κ2) is 6.23. The largest absolute Gasteiger partial charge is 0.469 e. The zero-order valence-corrected chi connectivity index (χ0v) is 13.3. The van der Waals surface area contributed by atoms with Crippen LogP contribution >= 0.6 is 11.9 Å². The van der Waals surface area contributed by atoms with Gasteiger partial charge in [0.1, 0.15) is 10.6 Å². The molecule has 5 heteroatoms. The summed E-state index contributed by atoms with van der Waals surface area (Å²) in [5.41, 5.74) is 3.15. The summed E-state index contributed by atoms with van der Waals surface area (Å²) < 4.78 is 6.84. The van der Waals surface area contributed by atoms with Gasteiger partial charge in [0.05, 0.1) is 20.6 Å². The van der Waals surface area contributed by atoms with E-state index in [9.17, 15) is 4.79 Å². The number of rotatable bonds is 3. The summed E-state index contributed by atoms with van der Waals surface area (Å²) in [4.78, 5) is 12.8. The van der Waals surface area contributed by atoms with Crippen molar-refractivity contribution >= 4 is 29.8 Å². The molecule has 0 aromatic heterocycles. The van der Waals surface area contributed by atoms with E-state index in [0.717, 1.165) is 11.1 Å². The minimum absolute atomic E-state index is 0.230. The molecule has 2 aromatic carbocycles. The molecule has 2 aromatic rings. The Labute approximate surface area is 134 Å². The van der Waals surface area contributed by atoms with Gasteiger partial charge in [-0.1, -0.05) is 30.3 Å². The molecule has 112 valence electrons. The quantitative estimate of drug-likeness (QED) is 0.495. The Kier molecular flexibility index (Phi) is 4.15. The van der Waals surface area contributed by atoms with Gasteiger partial charge in [0.15, 0.2) is 0 Å². The van der Waals surface area contributed by atoms with E-state index in [-0.39, 0.29) is 12.4 Å². The number of hydrazine groups is 1. The smallest absolute Gasteiger partial charge is 0.310 e. The first-order valence-electron chi connectivity index (χ1n) is 6.98. The van der Waals surface area contributed by atoms with Gasteiger partial charge in [0.25, 0.3) is 0 Å². The lowest BCUT2D eigenvalue weighted by molar-refractivity contribution is -0.348. The Bertz CT molecular complexity index is 743. The summed E-state index contributed by atoms with van der Waals surface area (Å²) in [6, 6.07) is 16.1. The summed E-state index contributed by atoms with van der Waals surface area (Å²) in [5, 5.41) is 2.09. The van der Waals surface area contributed by atoms with Crippen LogP contribution in [0.25, 0.3) is 0 Å². The van der Waals surface area contributed by atoms with Crippen molar-refractivity contribution in [2.45, 2.75) is 11.3 Å². The Hall–Kier alpha value is -2.27. The molecule has 0 atom stereocenters. The first-order chi connectivity index (χ1) is 10.7. The van der Waals surface area contributed by atoms with Crippen molar-refractivity contribution in [2.24, 2.45) is 0 Å². The number of carbonyl (C=O) groups is 1. The first-order valence-corrected chi connectivity index (χ1v) is 7.76. The van der Waals surface area contributed by atoms with Gasteiger partial charge in [-0.05, 0) is 27.9 Å². The van der Waals surface area contributed by atoms with Gasteiger partial charge in [-0.3, -0.25) is 4.79 Å². The minimum atomic E-state index is -0.230. The maximum Gasteiger partial charge on any atom is 0.310 e. The van der Waals surface area contributed by atoms with Gasteiger partial charge in [-0.15, -0.1) is 5.01 Å². The molecular formula is C17H17N2O2S+. The number of hydrogen-bond acceptors (Lipinski definition) is 4. The Morgan fingerprint density at radius 3 is 2.73 bits per heavy atom. The summed E-state index contributed by atoms with van der Waals surface area (Å²) in [7, 11) is 3.44. The third kappa shape index (κ3) is 2.85. The second-order valence-electron chi connectivity index (χ2n) is 4.97. The fourth-order valence-corrected chi connectivity index (χ4v) is 3.36.